The van der Waals surface area contributed by atoms with Crippen molar-refractivity contribution in [3.8, 4) is 0 Å². The summed E-state index contributed by atoms with van der Waals surface area (Å²) in [6, 6.07) is 8.81. The number of nitrogens with zero attached hydrogens (tertiary/aromatic N) is 1. The van der Waals surface area contributed by atoms with Gasteiger partial charge < -0.3 is 5.32 Å². The fourth-order valence-electron chi connectivity index (χ4n) is 1.98. The number of halogens is 2. The third kappa shape index (κ3) is 3.53. The quantitative estimate of drug-likeness (QED) is 0.813. The molecule has 0 aliphatic carbocycles. The topological polar surface area (TPSA) is 24.9 Å². The molecule has 0 fully saturated rings. The van der Waals surface area contributed by atoms with E-state index in [1.165, 1.54) is 6.07 Å². The van der Waals surface area contributed by atoms with Crippen LogP contribution in [0.1, 0.15) is 30.5 Å². The van der Waals surface area contributed by atoms with Crippen molar-refractivity contribution < 1.29 is 4.39 Å². The van der Waals surface area contributed by atoms with Crippen LogP contribution in [0.5, 0.6) is 0 Å². The summed E-state index contributed by atoms with van der Waals surface area (Å²) < 4.78 is 14.1. The zero-order valence-corrected chi connectivity index (χ0v) is 12.5. The number of hydrogen-bond donors (Lipinski definition) is 1. The summed E-state index contributed by atoms with van der Waals surface area (Å²) >= 11 is 3.38. The second kappa shape index (κ2) is 6.15. The van der Waals surface area contributed by atoms with Crippen molar-refractivity contribution in [2.75, 3.05) is 5.32 Å². The smallest absolute Gasteiger partial charge is 0.123 e. The monoisotopic (exact) mass is 322 g/mol. The van der Waals surface area contributed by atoms with E-state index < -0.39 is 0 Å². The minimum Gasteiger partial charge on any atom is -0.377 e. The van der Waals surface area contributed by atoms with Crippen molar-refractivity contribution in [1.29, 1.82) is 0 Å². The third-order valence-corrected chi connectivity index (χ3v) is 3.84. The maximum absolute atomic E-state index is 13.3. The highest BCUT2D eigenvalue weighted by atomic mass is 79.9. The molecule has 0 amide bonds. The second-order valence-corrected chi connectivity index (χ2v) is 5.24. The van der Waals surface area contributed by atoms with Gasteiger partial charge in [0.25, 0.3) is 0 Å². The molecular formula is C15H16BrFN2. The van der Waals surface area contributed by atoms with E-state index in [0.717, 1.165) is 27.8 Å². The fraction of sp³-hybridized carbons (Fsp3) is 0.267. The minimum atomic E-state index is -0.206. The number of aryl methyl sites for hydroxylation is 1. The summed E-state index contributed by atoms with van der Waals surface area (Å²) in [6.07, 6.45) is 2.65. The number of anilines is 1. The molecule has 1 N–H and O–H groups in total. The first kappa shape index (κ1) is 14.0. The van der Waals surface area contributed by atoms with E-state index in [2.05, 4.69) is 33.2 Å². The van der Waals surface area contributed by atoms with E-state index in [1.54, 1.807) is 18.3 Å². The molecule has 4 heteroatoms. The molecule has 100 valence electrons. The van der Waals surface area contributed by atoms with Crippen LogP contribution in [0.2, 0.25) is 0 Å². The molecule has 0 radical (unpaired) electrons. The number of nitrogens with one attached hydrogen (secondary N) is 1. The Hall–Kier alpha value is -1.42. The van der Waals surface area contributed by atoms with Crippen LogP contribution in [0, 0.1) is 12.7 Å². The van der Waals surface area contributed by atoms with Gasteiger partial charge in [0.15, 0.2) is 0 Å². The van der Waals surface area contributed by atoms with Gasteiger partial charge in [-0.3, -0.25) is 0 Å². The van der Waals surface area contributed by atoms with Crippen LogP contribution < -0.4 is 5.32 Å². The van der Waals surface area contributed by atoms with Gasteiger partial charge in [0, 0.05) is 0 Å². The molecule has 0 saturated carbocycles. The number of benzene rings is 1. The van der Waals surface area contributed by atoms with Crippen LogP contribution in [0.4, 0.5) is 10.1 Å². The van der Waals surface area contributed by atoms with Crippen LogP contribution >= 0.6 is 15.9 Å². The molecule has 0 aliphatic heterocycles. The Balaban J connectivity index is 2.21. The van der Waals surface area contributed by atoms with Crippen molar-refractivity contribution in [3.05, 3.63) is 58.1 Å². The average molecular weight is 323 g/mol. The Labute approximate surface area is 121 Å². The van der Waals surface area contributed by atoms with Crippen LogP contribution in [0.3, 0.4) is 0 Å². The average Bonchev–Trinajstić information content (AvgIpc) is 2.40. The van der Waals surface area contributed by atoms with Gasteiger partial charge in [0.1, 0.15) is 10.4 Å². The normalized spacial score (nSPS) is 12.2. The lowest BCUT2D eigenvalue weighted by molar-refractivity contribution is 0.621. The predicted octanol–water partition coefficient (Wildman–Crippen LogP) is 4.85. The molecule has 1 aromatic heterocycles. The molecular weight excluding hydrogens is 307 g/mol. The Kier molecular flexibility index (Phi) is 4.53. The van der Waals surface area contributed by atoms with Crippen LogP contribution in [-0.2, 0) is 0 Å². The standard InChI is InChI=1S/C15H16BrFN2/c1-3-14(11-5-4-6-12(17)8-11)19-13-7-10(2)15(16)18-9-13/h4-9,14,19H,3H2,1-2H3. The number of pyridine rings is 1. The van der Waals surface area contributed by atoms with E-state index >= 15 is 0 Å². The van der Waals surface area contributed by atoms with E-state index in [9.17, 15) is 4.39 Å². The van der Waals surface area contributed by atoms with Gasteiger partial charge in [-0.15, -0.1) is 0 Å². The maximum atomic E-state index is 13.3. The molecule has 0 aliphatic rings. The highest BCUT2D eigenvalue weighted by Gasteiger charge is 2.10. The first-order valence-corrected chi connectivity index (χ1v) is 7.03. The Morgan fingerprint density at radius 3 is 2.79 bits per heavy atom. The molecule has 19 heavy (non-hydrogen) atoms. The summed E-state index contributed by atoms with van der Waals surface area (Å²) in [5.41, 5.74) is 2.96. The second-order valence-electron chi connectivity index (χ2n) is 4.49. The lowest BCUT2D eigenvalue weighted by atomic mass is 10.0. The van der Waals surface area contributed by atoms with Crippen molar-refractivity contribution >= 4 is 21.6 Å². The van der Waals surface area contributed by atoms with Gasteiger partial charge in [-0.2, -0.15) is 0 Å². The lowest BCUT2D eigenvalue weighted by Crippen LogP contribution is -2.10. The fourth-order valence-corrected chi connectivity index (χ4v) is 2.20. The largest absolute Gasteiger partial charge is 0.377 e. The summed E-state index contributed by atoms with van der Waals surface area (Å²) in [5.74, 6) is -0.206. The van der Waals surface area contributed by atoms with Crippen molar-refractivity contribution in [2.24, 2.45) is 0 Å². The zero-order chi connectivity index (χ0) is 13.8. The summed E-state index contributed by atoms with van der Waals surface area (Å²) in [6.45, 7) is 4.06. The van der Waals surface area contributed by atoms with Gasteiger partial charge in [-0.05, 0) is 58.6 Å². The lowest BCUT2D eigenvalue weighted by Gasteiger charge is -2.19. The minimum absolute atomic E-state index is 0.0816. The number of aromatic nitrogens is 1. The van der Waals surface area contributed by atoms with E-state index in [-0.39, 0.29) is 11.9 Å². The molecule has 2 aromatic rings. The van der Waals surface area contributed by atoms with Gasteiger partial charge >= 0.3 is 0 Å². The van der Waals surface area contributed by atoms with E-state index in [1.807, 2.05) is 19.1 Å². The SMILES string of the molecule is CCC(Nc1cnc(Br)c(C)c1)c1cccc(F)c1. The van der Waals surface area contributed by atoms with Gasteiger partial charge in [-0.1, -0.05) is 19.1 Å². The number of rotatable bonds is 4. The first-order valence-electron chi connectivity index (χ1n) is 6.24. The number of hydrogen-bond acceptors (Lipinski definition) is 2. The summed E-state index contributed by atoms with van der Waals surface area (Å²) in [7, 11) is 0. The molecule has 2 nitrogen and oxygen atoms in total. The third-order valence-electron chi connectivity index (χ3n) is 3.01. The van der Waals surface area contributed by atoms with Gasteiger partial charge in [0.2, 0.25) is 0 Å². The summed E-state index contributed by atoms with van der Waals surface area (Å²) in [4.78, 5) is 4.26. The van der Waals surface area contributed by atoms with Crippen LogP contribution in [0.25, 0.3) is 0 Å². The van der Waals surface area contributed by atoms with Crippen molar-refractivity contribution in [2.45, 2.75) is 26.3 Å². The van der Waals surface area contributed by atoms with Gasteiger partial charge in [-0.25, -0.2) is 9.37 Å². The Morgan fingerprint density at radius 2 is 2.16 bits per heavy atom. The Bertz CT molecular complexity index is 572. The maximum Gasteiger partial charge on any atom is 0.123 e. The highest BCUT2D eigenvalue weighted by Crippen LogP contribution is 2.24. The first-order chi connectivity index (χ1) is 9.10. The van der Waals surface area contributed by atoms with Gasteiger partial charge in [0.05, 0.1) is 17.9 Å². The molecule has 1 unspecified atom stereocenters. The molecule has 1 heterocycles. The van der Waals surface area contributed by atoms with Crippen molar-refractivity contribution in [3.63, 3.8) is 0 Å². The summed E-state index contributed by atoms with van der Waals surface area (Å²) in [5, 5.41) is 3.39. The van der Waals surface area contributed by atoms with Crippen LogP contribution in [-0.4, -0.2) is 4.98 Å². The Morgan fingerprint density at radius 1 is 1.37 bits per heavy atom. The molecule has 0 bridgehead atoms. The highest BCUT2D eigenvalue weighted by molar-refractivity contribution is 9.10. The van der Waals surface area contributed by atoms with Crippen molar-refractivity contribution in [1.82, 2.24) is 4.98 Å². The van der Waals surface area contributed by atoms with Crippen LogP contribution in [0.15, 0.2) is 41.1 Å². The molecule has 0 spiro atoms. The zero-order valence-electron chi connectivity index (χ0n) is 11.0. The molecule has 1 aromatic carbocycles. The van der Waals surface area contributed by atoms with E-state index in [0.29, 0.717) is 0 Å². The predicted molar refractivity (Wildman–Crippen MR) is 79.7 cm³/mol. The van der Waals surface area contributed by atoms with E-state index in [4.69, 9.17) is 0 Å². The molecule has 2 rings (SSSR count). The molecule has 1 atom stereocenters. The molecule has 0 saturated heterocycles.